The molecule has 5 nitrogen and oxygen atoms in total. The Balaban J connectivity index is 2.05. The fraction of sp³-hybridized carbons (Fsp3) is 0.417. The molecule has 0 aliphatic rings. The Kier molecular flexibility index (Phi) is 4.03. The van der Waals surface area contributed by atoms with Crippen molar-refractivity contribution in [3.05, 3.63) is 29.4 Å². The summed E-state index contributed by atoms with van der Waals surface area (Å²) in [6, 6.07) is 3.57. The fourth-order valence-electron chi connectivity index (χ4n) is 1.72. The zero-order valence-electron chi connectivity index (χ0n) is 11.0. The first-order chi connectivity index (χ1) is 9.33. The molecule has 0 radical (unpaired) electrons. The smallest absolute Gasteiger partial charge is 0.338 e. The SMILES string of the molecule is Cc1cc(-c2noc(CNCC(F)(F)F)n2)cc(C)n1. The number of nitrogens with one attached hydrogen (secondary N) is 1. The summed E-state index contributed by atoms with van der Waals surface area (Å²) in [5.41, 5.74) is 2.34. The molecule has 0 aromatic carbocycles. The Labute approximate surface area is 113 Å². The van der Waals surface area contributed by atoms with Gasteiger partial charge in [-0.25, -0.2) is 0 Å². The van der Waals surface area contributed by atoms with Gasteiger partial charge in [0.15, 0.2) is 0 Å². The first kappa shape index (κ1) is 14.4. The first-order valence-electron chi connectivity index (χ1n) is 5.89. The summed E-state index contributed by atoms with van der Waals surface area (Å²) in [6.07, 6.45) is -4.26. The van der Waals surface area contributed by atoms with Gasteiger partial charge in [-0.05, 0) is 26.0 Å². The predicted octanol–water partition coefficient (Wildman–Crippen LogP) is 2.40. The molecule has 0 bridgehead atoms. The van der Waals surface area contributed by atoms with E-state index in [0.717, 1.165) is 17.0 Å². The number of rotatable bonds is 4. The van der Waals surface area contributed by atoms with Crippen LogP contribution in [0, 0.1) is 13.8 Å². The van der Waals surface area contributed by atoms with Crippen molar-refractivity contribution in [2.45, 2.75) is 26.6 Å². The van der Waals surface area contributed by atoms with Crippen LogP contribution in [0.3, 0.4) is 0 Å². The molecule has 2 aromatic heterocycles. The van der Waals surface area contributed by atoms with Gasteiger partial charge in [0.2, 0.25) is 11.7 Å². The molecule has 0 aliphatic carbocycles. The van der Waals surface area contributed by atoms with E-state index in [9.17, 15) is 13.2 Å². The van der Waals surface area contributed by atoms with Gasteiger partial charge in [-0.3, -0.25) is 4.98 Å². The normalized spacial score (nSPS) is 11.8. The number of nitrogens with zero attached hydrogens (tertiary/aromatic N) is 3. The third-order valence-electron chi connectivity index (χ3n) is 2.41. The van der Waals surface area contributed by atoms with E-state index < -0.39 is 12.7 Å². The molecule has 0 spiro atoms. The van der Waals surface area contributed by atoms with Crippen molar-refractivity contribution in [3.8, 4) is 11.4 Å². The predicted molar refractivity (Wildman–Crippen MR) is 64.8 cm³/mol. The number of hydrogen-bond acceptors (Lipinski definition) is 5. The number of alkyl halides is 3. The maximum absolute atomic E-state index is 12.0. The lowest BCUT2D eigenvalue weighted by Crippen LogP contribution is -2.28. The molecule has 0 amide bonds. The molecule has 0 aliphatic heterocycles. The van der Waals surface area contributed by atoms with Crippen molar-refractivity contribution >= 4 is 0 Å². The van der Waals surface area contributed by atoms with Gasteiger partial charge >= 0.3 is 6.18 Å². The molecule has 2 rings (SSSR count). The number of aryl methyl sites for hydroxylation is 2. The highest BCUT2D eigenvalue weighted by Gasteiger charge is 2.26. The van der Waals surface area contributed by atoms with Crippen molar-refractivity contribution in [3.63, 3.8) is 0 Å². The Morgan fingerprint density at radius 2 is 1.80 bits per heavy atom. The molecular formula is C12H13F3N4O. The van der Waals surface area contributed by atoms with E-state index in [4.69, 9.17) is 4.52 Å². The van der Waals surface area contributed by atoms with E-state index in [1.54, 1.807) is 12.1 Å². The molecule has 0 fully saturated rings. The van der Waals surface area contributed by atoms with Crippen LogP contribution in [-0.4, -0.2) is 27.8 Å². The van der Waals surface area contributed by atoms with E-state index in [1.807, 2.05) is 13.8 Å². The van der Waals surface area contributed by atoms with Crippen molar-refractivity contribution in [2.75, 3.05) is 6.54 Å². The second kappa shape index (κ2) is 5.58. The molecule has 2 aromatic rings. The Morgan fingerprint density at radius 1 is 1.15 bits per heavy atom. The van der Waals surface area contributed by atoms with Crippen LogP contribution in [0.2, 0.25) is 0 Å². The van der Waals surface area contributed by atoms with Crippen molar-refractivity contribution in [1.29, 1.82) is 0 Å². The Hall–Kier alpha value is -1.96. The van der Waals surface area contributed by atoms with Crippen LogP contribution in [-0.2, 0) is 6.54 Å². The summed E-state index contributed by atoms with van der Waals surface area (Å²) in [4.78, 5) is 8.27. The van der Waals surface area contributed by atoms with Crippen LogP contribution < -0.4 is 5.32 Å². The number of aromatic nitrogens is 3. The van der Waals surface area contributed by atoms with Crippen LogP contribution >= 0.6 is 0 Å². The lowest BCUT2D eigenvalue weighted by Gasteiger charge is -2.05. The molecule has 108 valence electrons. The van der Waals surface area contributed by atoms with Gasteiger partial charge in [0.1, 0.15) is 0 Å². The highest BCUT2D eigenvalue weighted by Crippen LogP contribution is 2.18. The topological polar surface area (TPSA) is 63.8 Å². The van der Waals surface area contributed by atoms with Gasteiger partial charge in [0, 0.05) is 17.0 Å². The summed E-state index contributed by atoms with van der Waals surface area (Å²) in [5.74, 6) is 0.443. The molecule has 1 N–H and O–H groups in total. The third kappa shape index (κ3) is 4.02. The second-order valence-electron chi connectivity index (χ2n) is 4.37. The first-order valence-corrected chi connectivity index (χ1v) is 5.89. The number of halogens is 3. The van der Waals surface area contributed by atoms with E-state index >= 15 is 0 Å². The van der Waals surface area contributed by atoms with E-state index in [2.05, 4.69) is 20.4 Å². The second-order valence-corrected chi connectivity index (χ2v) is 4.37. The largest absolute Gasteiger partial charge is 0.401 e. The maximum atomic E-state index is 12.0. The molecular weight excluding hydrogens is 273 g/mol. The highest BCUT2D eigenvalue weighted by molar-refractivity contribution is 5.55. The molecule has 2 heterocycles. The van der Waals surface area contributed by atoms with Gasteiger partial charge in [0.25, 0.3) is 0 Å². The summed E-state index contributed by atoms with van der Waals surface area (Å²) in [5, 5.41) is 5.94. The van der Waals surface area contributed by atoms with Crippen LogP contribution in [0.25, 0.3) is 11.4 Å². The lowest BCUT2D eigenvalue weighted by atomic mass is 10.2. The minimum atomic E-state index is -4.26. The van der Waals surface area contributed by atoms with Gasteiger partial charge < -0.3 is 9.84 Å². The number of pyridine rings is 1. The molecule has 0 unspecified atom stereocenters. The average molecular weight is 286 g/mol. The summed E-state index contributed by atoms with van der Waals surface area (Å²) in [7, 11) is 0. The quantitative estimate of drug-likeness (QED) is 0.935. The summed E-state index contributed by atoms with van der Waals surface area (Å²) >= 11 is 0. The van der Waals surface area contributed by atoms with Crippen LogP contribution in [0.15, 0.2) is 16.7 Å². The molecule has 20 heavy (non-hydrogen) atoms. The Morgan fingerprint density at radius 3 is 2.40 bits per heavy atom. The molecule has 0 saturated heterocycles. The van der Waals surface area contributed by atoms with Crippen molar-refractivity contribution in [1.82, 2.24) is 20.4 Å². The van der Waals surface area contributed by atoms with Crippen molar-refractivity contribution < 1.29 is 17.7 Å². The van der Waals surface area contributed by atoms with Gasteiger partial charge in [0.05, 0.1) is 13.1 Å². The van der Waals surface area contributed by atoms with E-state index in [-0.39, 0.29) is 12.4 Å². The molecule has 0 saturated carbocycles. The monoisotopic (exact) mass is 286 g/mol. The van der Waals surface area contributed by atoms with Gasteiger partial charge in [-0.1, -0.05) is 5.16 Å². The Bertz CT molecular complexity index is 574. The molecule has 0 atom stereocenters. The van der Waals surface area contributed by atoms with Crippen LogP contribution in [0.4, 0.5) is 13.2 Å². The third-order valence-corrected chi connectivity index (χ3v) is 2.41. The van der Waals surface area contributed by atoms with Crippen LogP contribution in [0.5, 0.6) is 0 Å². The molecule has 8 heteroatoms. The fourth-order valence-corrected chi connectivity index (χ4v) is 1.72. The van der Waals surface area contributed by atoms with E-state index in [0.29, 0.717) is 5.82 Å². The summed E-state index contributed by atoms with van der Waals surface area (Å²) in [6.45, 7) is 2.44. The lowest BCUT2D eigenvalue weighted by molar-refractivity contribution is -0.125. The van der Waals surface area contributed by atoms with Gasteiger partial charge in [-0.2, -0.15) is 18.2 Å². The zero-order chi connectivity index (χ0) is 14.8. The highest BCUT2D eigenvalue weighted by atomic mass is 19.4. The summed E-state index contributed by atoms with van der Waals surface area (Å²) < 4.78 is 40.8. The zero-order valence-corrected chi connectivity index (χ0v) is 11.0. The standard InChI is InChI=1S/C12H13F3N4O/c1-7-3-9(4-8(2)17-7)11-18-10(20-19-11)5-16-6-12(13,14)15/h3-4,16H,5-6H2,1-2H3. The maximum Gasteiger partial charge on any atom is 0.401 e. The minimum absolute atomic E-state index is 0.108. The van der Waals surface area contributed by atoms with Crippen LogP contribution in [0.1, 0.15) is 17.3 Å². The number of hydrogen-bond donors (Lipinski definition) is 1. The van der Waals surface area contributed by atoms with Crippen molar-refractivity contribution in [2.24, 2.45) is 0 Å². The van der Waals surface area contributed by atoms with Gasteiger partial charge in [-0.15, -0.1) is 0 Å². The van der Waals surface area contributed by atoms with E-state index in [1.165, 1.54) is 0 Å². The average Bonchev–Trinajstić information content (AvgIpc) is 2.74. The minimum Gasteiger partial charge on any atom is -0.338 e.